The Labute approximate surface area is 108 Å². The highest BCUT2D eigenvalue weighted by Crippen LogP contribution is 2.31. The Hall–Kier alpha value is -1.44. The van der Waals surface area contributed by atoms with Crippen LogP contribution < -0.4 is 5.73 Å². The number of nitrogens with zero attached hydrogens (tertiary/aromatic N) is 4. The largest absolute Gasteiger partial charge is 0.394 e. The predicted molar refractivity (Wildman–Crippen MR) is 65.0 cm³/mol. The molecule has 2 aromatic heterocycles. The molecule has 2 atom stereocenters. The summed E-state index contributed by atoms with van der Waals surface area (Å²) in [7, 11) is 0. The van der Waals surface area contributed by atoms with E-state index in [-0.39, 0.29) is 30.0 Å². The number of aliphatic hydroxyl groups excluding tert-OH is 1. The summed E-state index contributed by atoms with van der Waals surface area (Å²) in [6.07, 6.45) is 2.86. The van der Waals surface area contributed by atoms with Gasteiger partial charge in [-0.15, -0.1) is 0 Å². The van der Waals surface area contributed by atoms with Gasteiger partial charge in [0, 0.05) is 0 Å². The Morgan fingerprint density at radius 2 is 2.33 bits per heavy atom. The second-order valence-corrected chi connectivity index (χ2v) is 4.53. The van der Waals surface area contributed by atoms with Gasteiger partial charge in [-0.25, -0.2) is 4.98 Å². The Morgan fingerprint density at radius 3 is 3.06 bits per heavy atom. The summed E-state index contributed by atoms with van der Waals surface area (Å²) in [6, 6.07) is 0. The fourth-order valence-corrected chi connectivity index (χ4v) is 2.35. The molecule has 18 heavy (non-hydrogen) atoms. The first-order chi connectivity index (χ1) is 8.69. The van der Waals surface area contributed by atoms with Crippen LogP contribution in [-0.2, 0) is 4.74 Å². The van der Waals surface area contributed by atoms with Crippen LogP contribution in [0.2, 0.25) is 5.15 Å². The van der Waals surface area contributed by atoms with Crippen molar-refractivity contribution < 1.29 is 9.84 Å². The smallest absolute Gasteiger partial charge is 0.223 e. The summed E-state index contributed by atoms with van der Waals surface area (Å²) >= 11 is 5.95. The van der Waals surface area contributed by atoms with Crippen LogP contribution in [0.3, 0.4) is 0 Å². The molecule has 0 unspecified atom stereocenters. The van der Waals surface area contributed by atoms with E-state index < -0.39 is 0 Å². The van der Waals surface area contributed by atoms with Gasteiger partial charge in [0.25, 0.3) is 0 Å². The van der Waals surface area contributed by atoms with Crippen LogP contribution in [0.15, 0.2) is 6.33 Å². The van der Waals surface area contributed by atoms with Gasteiger partial charge in [-0.2, -0.15) is 9.97 Å². The monoisotopic (exact) mass is 269 g/mol. The highest BCUT2D eigenvalue weighted by Gasteiger charge is 2.27. The number of rotatable bonds is 2. The maximum atomic E-state index is 9.07. The molecule has 3 rings (SSSR count). The summed E-state index contributed by atoms with van der Waals surface area (Å²) < 4.78 is 7.44. The van der Waals surface area contributed by atoms with Crippen molar-refractivity contribution in [1.29, 1.82) is 0 Å². The molecule has 0 aliphatic carbocycles. The lowest BCUT2D eigenvalue weighted by molar-refractivity contribution is -0.0207. The quantitative estimate of drug-likeness (QED) is 0.780. The van der Waals surface area contributed by atoms with E-state index in [0.717, 1.165) is 12.8 Å². The number of hydrogen-bond acceptors (Lipinski definition) is 6. The fraction of sp³-hybridized carbons (Fsp3) is 0.500. The minimum atomic E-state index is -0.197. The third kappa shape index (κ3) is 1.80. The van der Waals surface area contributed by atoms with Crippen LogP contribution in [0, 0.1) is 0 Å². The SMILES string of the molecule is Nc1nc(Cl)c2ncn([C@H]3CC[C@@H](CO)O3)c2n1. The molecule has 1 aliphatic heterocycles. The van der Waals surface area contributed by atoms with Gasteiger partial charge in [0.05, 0.1) is 19.0 Å². The molecular weight excluding hydrogens is 258 g/mol. The highest BCUT2D eigenvalue weighted by atomic mass is 35.5. The van der Waals surface area contributed by atoms with Crippen LogP contribution in [-0.4, -0.2) is 37.3 Å². The number of imidazole rings is 1. The molecule has 0 bridgehead atoms. The number of fused-ring (bicyclic) bond motifs is 1. The van der Waals surface area contributed by atoms with Gasteiger partial charge in [-0.3, -0.25) is 4.57 Å². The topological polar surface area (TPSA) is 99.1 Å². The normalized spacial score (nSPS) is 23.9. The molecule has 7 nitrogen and oxygen atoms in total. The van der Waals surface area contributed by atoms with Crippen LogP contribution in [0.5, 0.6) is 0 Å². The Kier molecular flexibility index (Phi) is 2.81. The van der Waals surface area contributed by atoms with E-state index >= 15 is 0 Å². The summed E-state index contributed by atoms with van der Waals surface area (Å²) in [5.74, 6) is 0.103. The zero-order chi connectivity index (χ0) is 12.7. The van der Waals surface area contributed by atoms with E-state index in [2.05, 4.69) is 15.0 Å². The Morgan fingerprint density at radius 1 is 1.50 bits per heavy atom. The second-order valence-electron chi connectivity index (χ2n) is 4.17. The highest BCUT2D eigenvalue weighted by molar-refractivity contribution is 6.33. The van der Waals surface area contributed by atoms with Gasteiger partial charge in [-0.05, 0) is 12.8 Å². The lowest BCUT2D eigenvalue weighted by Crippen LogP contribution is -2.14. The average molecular weight is 270 g/mol. The molecule has 0 aromatic carbocycles. The molecule has 96 valence electrons. The van der Waals surface area contributed by atoms with Crippen LogP contribution >= 0.6 is 11.6 Å². The Bertz CT molecular complexity index is 587. The zero-order valence-electron chi connectivity index (χ0n) is 9.45. The summed E-state index contributed by atoms with van der Waals surface area (Å²) in [5, 5.41) is 9.30. The lowest BCUT2D eigenvalue weighted by atomic mass is 10.2. The number of hydrogen-bond donors (Lipinski definition) is 2. The number of nitrogens with two attached hydrogens (primary N) is 1. The van der Waals surface area contributed by atoms with Gasteiger partial charge in [0.2, 0.25) is 5.95 Å². The summed E-state index contributed by atoms with van der Waals surface area (Å²) in [4.78, 5) is 12.1. The van der Waals surface area contributed by atoms with E-state index in [1.807, 2.05) is 0 Å². The summed E-state index contributed by atoms with van der Waals surface area (Å²) in [5.41, 5.74) is 6.63. The molecule has 0 radical (unpaired) electrons. The fourth-order valence-electron chi connectivity index (χ4n) is 2.13. The first-order valence-corrected chi connectivity index (χ1v) is 5.98. The molecule has 0 amide bonds. The zero-order valence-corrected chi connectivity index (χ0v) is 10.2. The van der Waals surface area contributed by atoms with E-state index in [4.69, 9.17) is 27.2 Å². The molecule has 2 aromatic rings. The van der Waals surface area contributed by atoms with Gasteiger partial charge in [-0.1, -0.05) is 11.6 Å². The van der Waals surface area contributed by atoms with E-state index in [0.29, 0.717) is 11.2 Å². The van der Waals surface area contributed by atoms with Crippen molar-refractivity contribution in [2.75, 3.05) is 12.3 Å². The van der Waals surface area contributed by atoms with Gasteiger partial charge >= 0.3 is 0 Å². The average Bonchev–Trinajstić information content (AvgIpc) is 2.93. The van der Waals surface area contributed by atoms with E-state index in [1.54, 1.807) is 10.9 Å². The number of anilines is 1. The summed E-state index contributed by atoms with van der Waals surface area (Å²) in [6.45, 7) is 0.0149. The molecular formula is C10H12ClN5O2. The van der Waals surface area contributed by atoms with Crippen molar-refractivity contribution >= 4 is 28.7 Å². The van der Waals surface area contributed by atoms with Crippen molar-refractivity contribution in [1.82, 2.24) is 19.5 Å². The molecule has 1 fully saturated rings. The van der Waals surface area contributed by atoms with Crippen LogP contribution in [0.4, 0.5) is 5.95 Å². The van der Waals surface area contributed by atoms with Crippen molar-refractivity contribution in [3.63, 3.8) is 0 Å². The predicted octanol–water partition coefficient (Wildman–Crippen LogP) is 0.732. The van der Waals surface area contributed by atoms with Crippen molar-refractivity contribution in [2.24, 2.45) is 0 Å². The number of aliphatic hydroxyl groups is 1. The van der Waals surface area contributed by atoms with Crippen molar-refractivity contribution in [3.8, 4) is 0 Å². The Balaban J connectivity index is 2.03. The maximum Gasteiger partial charge on any atom is 0.223 e. The minimum absolute atomic E-state index is 0.0149. The van der Waals surface area contributed by atoms with Crippen molar-refractivity contribution in [2.45, 2.75) is 25.2 Å². The number of nitrogen functional groups attached to an aromatic ring is 1. The van der Waals surface area contributed by atoms with Crippen molar-refractivity contribution in [3.05, 3.63) is 11.5 Å². The molecule has 8 heteroatoms. The number of aromatic nitrogens is 4. The van der Waals surface area contributed by atoms with E-state index in [1.165, 1.54) is 0 Å². The third-order valence-electron chi connectivity index (χ3n) is 3.00. The van der Waals surface area contributed by atoms with Gasteiger partial charge in [0.15, 0.2) is 10.8 Å². The maximum absolute atomic E-state index is 9.07. The number of ether oxygens (including phenoxy) is 1. The molecule has 3 heterocycles. The number of halogens is 1. The third-order valence-corrected chi connectivity index (χ3v) is 3.26. The second kappa shape index (κ2) is 4.34. The van der Waals surface area contributed by atoms with Gasteiger partial charge in [0.1, 0.15) is 11.7 Å². The molecule has 0 spiro atoms. The van der Waals surface area contributed by atoms with Gasteiger partial charge < -0.3 is 15.6 Å². The van der Waals surface area contributed by atoms with E-state index in [9.17, 15) is 0 Å². The molecule has 3 N–H and O–H groups in total. The minimum Gasteiger partial charge on any atom is -0.394 e. The lowest BCUT2D eigenvalue weighted by Gasteiger charge is -2.13. The standard InChI is InChI=1S/C10H12ClN5O2/c11-8-7-9(15-10(12)14-8)16(4-13-7)6-2-1-5(3-17)18-6/h4-6,17H,1-3H2,(H2,12,14,15)/t5-,6+/m0/s1. The molecule has 0 saturated carbocycles. The molecule has 1 saturated heterocycles. The van der Waals surface area contributed by atoms with Crippen LogP contribution in [0.1, 0.15) is 19.1 Å². The first-order valence-electron chi connectivity index (χ1n) is 5.61. The first kappa shape index (κ1) is 11.6. The molecule has 1 aliphatic rings. The van der Waals surface area contributed by atoms with Crippen LogP contribution in [0.25, 0.3) is 11.2 Å².